The summed E-state index contributed by atoms with van der Waals surface area (Å²) in [5.41, 5.74) is 2.51. The van der Waals surface area contributed by atoms with Gasteiger partial charge in [-0.15, -0.1) is 0 Å². The average Bonchev–Trinajstić information content (AvgIpc) is 3.29. The molecule has 0 saturated carbocycles. The zero-order chi connectivity index (χ0) is 21.1. The number of carbonyl (C=O) groups excluding carboxylic acids is 2. The average molecular weight is 426 g/mol. The van der Waals surface area contributed by atoms with E-state index in [-0.39, 0.29) is 24.0 Å². The Hall–Kier alpha value is -2.97. The Morgan fingerprint density at radius 2 is 1.87 bits per heavy atom. The summed E-state index contributed by atoms with van der Waals surface area (Å²) < 4.78 is 11.5. The lowest BCUT2D eigenvalue weighted by atomic mass is 10.1. The predicted octanol–water partition coefficient (Wildman–Crippen LogP) is 2.87. The van der Waals surface area contributed by atoms with Crippen LogP contribution in [0.2, 0.25) is 0 Å². The Morgan fingerprint density at radius 3 is 2.53 bits per heavy atom. The largest absolute Gasteiger partial charge is 0.490 e. The van der Waals surface area contributed by atoms with Gasteiger partial charge in [0, 0.05) is 5.56 Å². The van der Waals surface area contributed by atoms with Gasteiger partial charge in [0.2, 0.25) is 5.91 Å². The van der Waals surface area contributed by atoms with Crippen LogP contribution in [0.1, 0.15) is 24.3 Å². The van der Waals surface area contributed by atoms with Crippen molar-refractivity contribution in [2.45, 2.75) is 30.9 Å². The first-order valence-corrected chi connectivity index (χ1v) is 10.5. The molecule has 0 spiro atoms. The van der Waals surface area contributed by atoms with Crippen LogP contribution in [0.25, 0.3) is 0 Å². The number of hydrogen-bond donors (Lipinski definition) is 3. The highest BCUT2D eigenvalue weighted by Gasteiger charge is 2.31. The quantitative estimate of drug-likeness (QED) is 0.626. The molecule has 0 aromatic heterocycles. The van der Waals surface area contributed by atoms with E-state index in [0.717, 1.165) is 22.9 Å². The molecule has 2 amide bonds. The first kappa shape index (κ1) is 20.3. The molecule has 156 valence electrons. The molecule has 1 saturated heterocycles. The number of allylic oxidation sites excluding steroid dienone is 1. The molecule has 3 unspecified atom stereocenters. The summed E-state index contributed by atoms with van der Waals surface area (Å²) in [7, 11) is 0. The van der Waals surface area contributed by atoms with Gasteiger partial charge in [0.05, 0.1) is 10.9 Å². The smallest absolute Gasteiger partial charge is 0.286 e. The summed E-state index contributed by atoms with van der Waals surface area (Å²) >= 11 is 1.01. The second-order valence-corrected chi connectivity index (χ2v) is 8.26. The highest BCUT2D eigenvalue weighted by Crippen LogP contribution is 2.28. The minimum absolute atomic E-state index is 0.0687. The maximum Gasteiger partial charge on any atom is 0.286 e. The minimum Gasteiger partial charge on any atom is -0.490 e. The molecule has 30 heavy (non-hydrogen) atoms. The second kappa shape index (κ2) is 8.81. The number of aliphatic hydroxyl groups is 1. The molecular weight excluding hydrogens is 404 g/mol. The molecule has 0 bridgehead atoms. The van der Waals surface area contributed by atoms with Gasteiger partial charge in [0.25, 0.3) is 5.24 Å². The zero-order valence-electron chi connectivity index (χ0n) is 16.3. The van der Waals surface area contributed by atoms with Crippen LogP contribution in [-0.2, 0) is 16.0 Å². The first-order valence-electron chi connectivity index (χ1n) is 9.60. The molecule has 0 radical (unpaired) electrons. The van der Waals surface area contributed by atoms with Gasteiger partial charge in [-0.3, -0.25) is 14.9 Å². The molecule has 3 N–H and O–H groups in total. The van der Waals surface area contributed by atoms with E-state index in [4.69, 9.17) is 9.47 Å². The molecule has 2 aromatic carbocycles. The number of ether oxygens (including phenoxy) is 2. The van der Waals surface area contributed by atoms with Crippen LogP contribution in [0.5, 0.6) is 5.75 Å². The summed E-state index contributed by atoms with van der Waals surface area (Å²) in [6.45, 7) is 1.88. The lowest BCUT2D eigenvalue weighted by molar-refractivity contribution is -0.118. The van der Waals surface area contributed by atoms with Crippen molar-refractivity contribution in [3.05, 3.63) is 77.2 Å². The van der Waals surface area contributed by atoms with Crippen molar-refractivity contribution in [3.8, 4) is 5.75 Å². The predicted molar refractivity (Wildman–Crippen MR) is 113 cm³/mol. The highest BCUT2D eigenvalue weighted by molar-refractivity contribution is 8.15. The van der Waals surface area contributed by atoms with E-state index in [1.54, 1.807) is 12.1 Å². The normalized spacial score (nSPS) is 21.8. The van der Waals surface area contributed by atoms with Crippen molar-refractivity contribution >= 4 is 22.9 Å². The summed E-state index contributed by atoms with van der Waals surface area (Å²) in [6, 6.07) is 17.0. The minimum atomic E-state index is -0.858. The van der Waals surface area contributed by atoms with Crippen LogP contribution in [-0.4, -0.2) is 34.2 Å². The molecule has 2 aliphatic rings. The van der Waals surface area contributed by atoms with Crippen LogP contribution >= 0.6 is 11.8 Å². The zero-order valence-corrected chi connectivity index (χ0v) is 17.1. The lowest BCUT2D eigenvalue weighted by Gasteiger charge is -2.16. The van der Waals surface area contributed by atoms with E-state index in [2.05, 4.69) is 10.6 Å². The molecule has 2 heterocycles. The van der Waals surface area contributed by atoms with Gasteiger partial charge in [0.1, 0.15) is 24.2 Å². The molecule has 2 aliphatic heterocycles. The number of imide groups is 1. The molecular formula is C22H22N2O5S. The third-order valence-corrected chi connectivity index (χ3v) is 5.90. The van der Waals surface area contributed by atoms with Crippen LogP contribution in [0.4, 0.5) is 4.79 Å². The molecule has 1 fully saturated rings. The number of aliphatic hydroxyl groups excluding tert-OH is 1. The molecule has 8 heteroatoms. The van der Waals surface area contributed by atoms with Gasteiger partial charge in [-0.25, -0.2) is 0 Å². The molecule has 0 aliphatic carbocycles. The number of thioether (sulfide) groups is 1. The van der Waals surface area contributed by atoms with Crippen molar-refractivity contribution in [2.75, 3.05) is 6.61 Å². The van der Waals surface area contributed by atoms with Crippen molar-refractivity contribution in [3.63, 3.8) is 0 Å². The summed E-state index contributed by atoms with van der Waals surface area (Å²) in [6.07, 6.45) is -0.713. The van der Waals surface area contributed by atoms with Crippen LogP contribution in [0, 0.1) is 0 Å². The number of carbonyl (C=O) groups is 2. The second-order valence-electron chi connectivity index (χ2n) is 7.08. The van der Waals surface area contributed by atoms with Gasteiger partial charge in [-0.05, 0) is 31.0 Å². The Bertz CT molecular complexity index is 961. The first-order chi connectivity index (χ1) is 14.5. The Kier molecular flexibility index (Phi) is 5.96. The number of nitrogens with one attached hydrogen (secondary N) is 2. The molecule has 4 rings (SSSR count). The fourth-order valence-corrected chi connectivity index (χ4v) is 4.20. The van der Waals surface area contributed by atoms with Crippen molar-refractivity contribution in [1.82, 2.24) is 10.6 Å². The Labute approximate surface area is 178 Å². The Balaban J connectivity index is 1.29. The maximum atomic E-state index is 11.7. The van der Waals surface area contributed by atoms with Crippen LogP contribution in [0.3, 0.4) is 0 Å². The SMILES string of the molecule is CC1=C(C(O)COc2ccc(CC3SC(=O)NC3=O)cc2)NC(c2ccccc2)O1. The number of amides is 2. The fourth-order valence-electron chi connectivity index (χ4n) is 3.34. The third-order valence-electron chi connectivity index (χ3n) is 4.92. The molecule has 7 nitrogen and oxygen atoms in total. The fraction of sp³-hybridized carbons (Fsp3) is 0.273. The van der Waals surface area contributed by atoms with E-state index in [0.29, 0.717) is 23.6 Å². The lowest BCUT2D eigenvalue weighted by Crippen LogP contribution is -2.28. The van der Waals surface area contributed by atoms with Crippen LogP contribution in [0.15, 0.2) is 66.1 Å². The van der Waals surface area contributed by atoms with Gasteiger partial charge < -0.3 is 19.9 Å². The van der Waals surface area contributed by atoms with E-state index in [9.17, 15) is 14.7 Å². The van der Waals surface area contributed by atoms with Gasteiger partial charge >= 0.3 is 0 Å². The third kappa shape index (κ3) is 4.60. The van der Waals surface area contributed by atoms with Crippen molar-refractivity contribution < 1.29 is 24.2 Å². The van der Waals surface area contributed by atoms with Crippen LogP contribution < -0.4 is 15.4 Å². The monoisotopic (exact) mass is 426 g/mol. The standard InChI is InChI=1S/C22H22N2O5S/c1-13-19(23-21(29-13)15-5-3-2-4-6-15)17(25)12-28-16-9-7-14(8-10-16)11-18-20(26)24-22(27)30-18/h2-10,17-18,21,23,25H,11-12H2,1H3,(H,24,26,27). The van der Waals surface area contributed by atoms with E-state index < -0.39 is 11.4 Å². The van der Waals surface area contributed by atoms with E-state index in [1.807, 2.05) is 49.4 Å². The van der Waals surface area contributed by atoms with Crippen molar-refractivity contribution in [1.29, 1.82) is 0 Å². The topological polar surface area (TPSA) is 96.9 Å². The number of rotatable bonds is 7. The van der Waals surface area contributed by atoms with E-state index in [1.165, 1.54) is 0 Å². The van der Waals surface area contributed by atoms with Gasteiger partial charge in [-0.2, -0.15) is 0 Å². The summed E-state index contributed by atoms with van der Waals surface area (Å²) in [4.78, 5) is 22.9. The van der Waals surface area contributed by atoms with Crippen molar-refractivity contribution in [2.24, 2.45) is 0 Å². The Morgan fingerprint density at radius 1 is 1.13 bits per heavy atom. The summed E-state index contributed by atoms with van der Waals surface area (Å²) in [5, 5.41) is 15.3. The number of hydrogen-bond acceptors (Lipinski definition) is 7. The summed E-state index contributed by atoms with van der Waals surface area (Å²) in [5.74, 6) is 0.989. The van der Waals surface area contributed by atoms with Gasteiger partial charge in [0.15, 0.2) is 6.23 Å². The van der Waals surface area contributed by atoms with Gasteiger partial charge in [-0.1, -0.05) is 54.2 Å². The van der Waals surface area contributed by atoms with E-state index >= 15 is 0 Å². The molecule has 3 atom stereocenters. The maximum absolute atomic E-state index is 11.7. The molecule has 2 aromatic rings. The number of benzene rings is 2. The highest BCUT2D eigenvalue weighted by atomic mass is 32.2.